The minimum atomic E-state index is -0.834. The second kappa shape index (κ2) is 20.2. The highest BCUT2D eigenvalue weighted by atomic mass is 35.5. The number of nitrogens with one attached hydrogen (secondary N) is 2. The topological polar surface area (TPSA) is 182 Å². The molecule has 3 aromatic carbocycles. The lowest BCUT2D eigenvalue weighted by atomic mass is 9.89. The van der Waals surface area contributed by atoms with Crippen LogP contribution < -0.4 is 15.4 Å². The number of aromatic nitrogens is 6. The van der Waals surface area contributed by atoms with Crippen LogP contribution in [0.5, 0.6) is 5.75 Å². The number of ether oxygens (including phenoxy) is 1. The van der Waals surface area contributed by atoms with Crippen molar-refractivity contribution < 1.29 is 24.2 Å². The lowest BCUT2D eigenvalue weighted by molar-refractivity contribution is -0.142. The van der Waals surface area contributed by atoms with Gasteiger partial charge in [0.25, 0.3) is 0 Å². The molecule has 1 aliphatic carbocycles. The minimum absolute atomic E-state index is 0.0529. The number of aryl methyl sites for hydroxylation is 3. The maximum atomic E-state index is 14.4. The van der Waals surface area contributed by atoms with Crippen molar-refractivity contribution in [3.63, 3.8) is 0 Å². The lowest BCUT2D eigenvalue weighted by Gasteiger charge is -2.36. The van der Waals surface area contributed by atoms with Gasteiger partial charge in [-0.15, -0.1) is 32.9 Å². The smallest absolute Gasteiger partial charge is 0.248 e. The van der Waals surface area contributed by atoms with Crippen LogP contribution in [0.2, 0.25) is 5.02 Å². The first-order valence-corrected chi connectivity index (χ1v) is 26.4. The van der Waals surface area contributed by atoms with E-state index < -0.39 is 24.2 Å². The second-order valence-corrected chi connectivity index (χ2v) is 22.0. The fourth-order valence-electron chi connectivity index (χ4n) is 10.0. The van der Waals surface area contributed by atoms with Gasteiger partial charge in [-0.25, -0.2) is 4.98 Å². The first kappa shape index (κ1) is 49.1. The summed E-state index contributed by atoms with van der Waals surface area (Å²) in [7, 11) is 0. The Morgan fingerprint density at radius 2 is 1.67 bits per heavy atom. The Morgan fingerprint density at radius 3 is 2.39 bits per heavy atom. The predicted octanol–water partition coefficient (Wildman–Crippen LogP) is 9.25. The molecule has 2 fully saturated rings. The Bertz CT molecular complexity index is 3190. The van der Waals surface area contributed by atoms with Crippen LogP contribution in [0.3, 0.4) is 0 Å². The zero-order chi connectivity index (χ0) is 50.5. The quantitative estimate of drug-likeness (QED) is 0.0957. The molecule has 15 nitrogen and oxygen atoms in total. The molecule has 0 radical (unpaired) electrons. The maximum absolute atomic E-state index is 14.4. The number of halogens is 1. The van der Waals surface area contributed by atoms with Crippen molar-refractivity contribution >= 4 is 57.7 Å². The average molecular weight is 1030 g/mol. The monoisotopic (exact) mass is 1020 g/mol. The number of thiophene rings is 1. The summed E-state index contributed by atoms with van der Waals surface area (Å²) in [6.07, 6.45) is 4.18. The number of amides is 3. The average Bonchev–Trinajstić information content (AvgIpc) is 4.19. The molecule has 3 N–H and O–H groups in total. The molecule has 7 aromatic rings. The Hall–Kier alpha value is -6.53. The van der Waals surface area contributed by atoms with Gasteiger partial charge in [-0.2, -0.15) is 5.10 Å². The van der Waals surface area contributed by atoms with Gasteiger partial charge in [-0.3, -0.25) is 28.6 Å². The number of carbonyl (C=O) groups is 3. The molecule has 72 heavy (non-hydrogen) atoms. The van der Waals surface area contributed by atoms with Crippen molar-refractivity contribution in [3.8, 4) is 32.3 Å². The fraction of sp³-hybridized carbons (Fsp3) is 0.370. The van der Waals surface area contributed by atoms with Crippen LogP contribution in [0.15, 0.2) is 95.7 Å². The first-order valence-electron chi connectivity index (χ1n) is 24.4. The number of nitrogens with zero attached hydrogens (tertiary/aromatic N) is 8. The van der Waals surface area contributed by atoms with Gasteiger partial charge in [0, 0.05) is 64.6 Å². The Balaban J connectivity index is 0.762. The number of aliphatic hydroxyl groups excluding tert-OH is 1. The molecular formula is C54H57ClN10O5S2. The first-order chi connectivity index (χ1) is 34.6. The van der Waals surface area contributed by atoms with Crippen LogP contribution in [0.4, 0.5) is 0 Å². The Morgan fingerprint density at radius 1 is 0.917 bits per heavy atom. The Labute approximate surface area is 431 Å². The summed E-state index contributed by atoms with van der Waals surface area (Å²) >= 11 is 9.55. The molecule has 1 saturated heterocycles. The van der Waals surface area contributed by atoms with Gasteiger partial charge in [0.1, 0.15) is 40.8 Å². The third-order valence-corrected chi connectivity index (χ3v) is 16.5. The van der Waals surface area contributed by atoms with Gasteiger partial charge in [0.15, 0.2) is 5.82 Å². The summed E-state index contributed by atoms with van der Waals surface area (Å²) in [5.41, 5.74) is 10.3. The molecule has 0 unspecified atom stereocenters. The van der Waals surface area contributed by atoms with E-state index in [-0.39, 0.29) is 61.2 Å². The molecule has 18 heteroatoms. The van der Waals surface area contributed by atoms with E-state index in [4.69, 9.17) is 21.3 Å². The molecule has 0 spiro atoms. The van der Waals surface area contributed by atoms with E-state index >= 15 is 0 Å². The summed E-state index contributed by atoms with van der Waals surface area (Å²) < 4.78 is 10.1. The molecule has 1 saturated carbocycles. The van der Waals surface area contributed by atoms with Gasteiger partial charge >= 0.3 is 0 Å². The van der Waals surface area contributed by atoms with Gasteiger partial charge in [0.2, 0.25) is 17.7 Å². The van der Waals surface area contributed by atoms with Gasteiger partial charge in [-0.1, -0.05) is 74.0 Å². The molecule has 0 bridgehead atoms. The maximum Gasteiger partial charge on any atom is 0.248 e. The highest BCUT2D eigenvalue weighted by molar-refractivity contribution is 7.15. The van der Waals surface area contributed by atoms with Gasteiger partial charge in [-0.05, 0) is 87.1 Å². The number of β-amino-alcohol motifs (C(OH)–C–C–N with tert-alkyl or cyclic N) is 1. The van der Waals surface area contributed by atoms with E-state index in [0.717, 1.165) is 66.1 Å². The van der Waals surface area contributed by atoms with Crippen molar-refractivity contribution in [1.29, 1.82) is 0 Å². The summed E-state index contributed by atoms with van der Waals surface area (Å²) in [5, 5.41) is 32.4. The predicted molar refractivity (Wildman–Crippen MR) is 280 cm³/mol. The highest BCUT2D eigenvalue weighted by Gasteiger charge is 2.43. The normalized spacial score (nSPS) is 20.2. The fourth-order valence-corrected chi connectivity index (χ4v) is 12.2. The SMILES string of the molecule is Cc1ncsc1-c1ccc([C@H](C)NC(=O)[C@@H]2C[C@@H](O)CN2C(=O)[C@H](C(C)C)n2cc(-c3cccc(O[C@H]4C[C@H](NC(=O)C[C@@H]5N=C(c6ccc(Cl)cc6)c6c(sc(C)c6C)-n6c(C)nnc65)C4)c3)cn2)cc1. The van der Waals surface area contributed by atoms with Gasteiger partial charge < -0.3 is 25.4 Å². The number of aliphatic hydroxyl groups is 1. The zero-order valence-corrected chi connectivity index (χ0v) is 43.6. The molecule has 6 heterocycles. The molecule has 372 valence electrons. The van der Waals surface area contributed by atoms with E-state index in [2.05, 4.69) is 44.8 Å². The van der Waals surface area contributed by atoms with Crippen molar-refractivity contribution in [3.05, 3.63) is 140 Å². The van der Waals surface area contributed by atoms with Crippen LogP contribution in [-0.2, 0) is 14.4 Å². The second-order valence-electron chi connectivity index (χ2n) is 19.5. The molecule has 2 aliphatic heterocycles. The van der Waals surface area contributed by atoms with Crippen molar-refractivity contribution in [1.82, 2.24) is 45.1 Å². The van der Waals surface area contributed by atoms with Crippen LogP contribution in [0, 0.1) is 33.6 Å². The molecule has 4 aromatic heterocycles. The van der Waals surface area contributed by atoms with E-state index in [9.17, 15) is 19.5 Å². The number of hydrogen-bond acceptors (Lipinski definition) is 12. The number of aliphatic imine (C=N–C) groups is 1. The number of rotatable bonds is 14. The van der Waals surface area contributed by atoms with Crippen molar-refractivity contribution in [2.75, 3.05) is 6.54 Å². The molecule has 5 atom stereocenters. The van der Waals surface area contributed by atoms with Crippen molar-refractivity contribution in [2.45, 2.75) is 117 Å². The number of hydrogen-bond donors (Lipinski definition) is 3. The summed E-state index contributed by atoms with van der Waals surface area (Å²) in [6.45, 7) is 14.0. The van der Waals surface area contributed by atoms with E-state index in [1.165, 1.54) is 9.78 Å². The summed E-state index contributed by atoms with van der Waals surface area (Å²) in [4.78, 5) is 55.4. The number of fused-ring (bicyclic) bond motifs is 3. The van der Waals surface area contributed by atoms with Crippen LogP contribution >= 0.6 is 34.3 Å². The third kappa shape index (κ3) is 9.74. The van der Waals surface area contributed by atoms with Crippen LogP contribution in [0.1, 0.15) is 109 Å². The number of likely N-dealkylation sites (tertiary alicyclic amines) is 1. The van der Waals surface area contributed by atoms with Crippen LogP contribution in [0.25, 0.3) is 26.6 Å². The van der Waals surface area contributed by atoms with E-state index in [1.807, 2.05) is 124 Å². The molecular weight excluding hydrogens is 968 g/mol. The standard InChI is InChI=1S/C54H57ClN10O5S2/c1-28(2)49(53(69)63-26-41(66)22-45(63)52(68)58-30(4)34-11-13-36(14-12-34)50-31(5)56-27-71-50)64-25-38(24-57-64)37-9-8-10-42(19-37)70-43-20-40(21-43)59-46(67)23-44-51-62-61-33(7)65(51)54-47(29(3)32(6)72-54)48(60-44)35-15-17-39(55)18-16-35/h8-19,24-25,27-28,30,40-41,43-45,49,66H,20-23,26H2,1-7H3,(H,58,68)(H,59,67)/t30-,40-,41+,43-,44-,45-,49-/m0/s1. The highest BCUT2D eigenvalue weighted by Crippen LogP contribution is 2.40. The van der Waals surface area contributed by atoms with Gasteiger partial charge in [0.05, 0.1) is 46.6 Å². The largest absolute Gasteiger partial charge is 0.490 e. The van der Waals surface area contributed by atoms with E-state index in [0.29, 0.717) is 29.4 Å². The molecule has 3 amide bonds. The molecule has 3 aliphatic rings. The summed E-state index contributed by atoms with van der Waals surface area (Å²) in [6, 6.07) is 20.9. The number of thiazole rings is 1. The number of benzene rings is 3. The van der Waals surface area contributed by atoms with E-state index in [1.54, 1.807) is 33.6 Å². The summed E-state index contributed by atoms with van der Waals surface area (Å²) in [5.74, 6) is 1.16. The molecule has 10 rings (SSSR count). The minimum Gasteiger partial charge on any atom is -0.490 e. The number of carbonyl (C=O) groups excluding carboxylic acids is 3. The Kier molecular flexibility index (Phi) is 13.7. The lowest BCUT2D eigenvalue weighted by Crippen LogP contribution is -2.49. The van der Waals surface area contributed by atoms with Crippen molar-refractivity contribution in [2.24, 2.45) is 10.9 Å². The zero-order valence-electron chi connectivity index (χ0n) is 41.2. The third-order valence-electron chi connectivity index (χ3n) is 14.1. The van der Waals surface area contributed by atoms with Crippen LogP contribution in [-0.4, -0.2) is 93.8 Å².